The highest BCUT2D eigenvalue weighted by Crippen LogP contribution is 2.21. The maximum Gasteiger partial charge on any atom is 0.469 e. The summed E-state index contributed by atoms with van der Waals surface area (Å²) in [5.41, 5.74) is -4.46. The van der Waals surface area contributed by atoms with Gasteiger partial charge in [0.05, 0.1) is 36.5 Å². The summed E-state index contributed by atoms with van der Waals surface area (Å²) in [5.74, 6) is 0. The van der Waals surface area contributed by atoms with Crippen LogP contribution in [-0.4, -0.2) is 30.9 Å². The van der Waals surface area contributed by atoms with Gasteiger partial charge < -0.3 is 10.4 Å². The van der Waals surface area contributed by atoms with Crippen LogP contribution in [0.1, 0.15) is 40.5 Å². The molecular weight excluding hydrogens is 248 g/mol. The summed E-state index contributed by atoms with van der Waals surface area (Å²) < 4.78 is 0. The van der Waals surface area contributed by atoms with Gasteiger partial charge >= 0.3 is 11.3 Å². The number of nitro groups is 2. The third kappa shape index (κ3) is 2.31. The molecule has 0 heterocycles. The SMILES string of the molecule is CCC(C)([N+](=O)[O-])/[N+]([O-])=[N+](\[O-])C(C)(CC)[N+](=O)[O-]. The molecule has 0 fully saturated rings. The van der Waals surface area contributed by atoms with Crippen LogP contribution < -0.4 is 0 Å². The number of azo groups is 1. The van der Waals surface area contributed by atoms with Crippen LogP contribution in [-0.2, 0) is 0 Å². The molecule has 10 nitrogen and oxygen atoms in total. The van der Waals surface area contributed by atoms with E-state index in [9.17, 15) is 30.6 Å². The van der Waals surface area contributed by atoms with E-state index in [1.807, 2.05) is 0 Å². The summed E-state index contributed by atoms with van der Waals surface area (Å²) in [7, 11) is 0. The van der Waals surface area contributed by atoms with Gasteiger partial charge in [-0.2, -0.15) is 0 Å². The number of nitrogens with zero attached hydrogens (tertiary/aromatic N) is 4. The van der Waals surface area contributed by atoms with Gasteiger partial charge in [0.15, 0.2) is 0 Å². The zero-order valence-electron chi connectivity index (χ0n) is 10.7. The highest BCUT2D eigenvalue weighted by Gasteiger charge is 2.58. The Kier molecular flexibility index (Phi) is 4.54. The van der Waals surface area contributed by atoms with Crippen LogP contribution in [0.25, 0.3) is 0 Å². The summed E-state index contributed by atoms with van der Waals surface area (Å²) in [6, 6.07) is 0. The molecule has 0 saturated carbocycles. The topological polar surface area (TPSA) is 138 Å². The van der Waals surface area contributed by atoms with Crippen molar-refractivity contribution in [1.29, 1.82) is 0 Å². The number of hydroxylamine groups is 2. The first-order chi connectivity index (χ1) is 8.07. The molecular formula is C8H16N4O6. The van der Waals surface area contributed by atoms with E-state index in [4.69, 9.17) is 0 Å². The van der Waals surface area contributed by atoms with Gasteiger partial charge in [0, 0.05) is 0 Å². The van der Waals surface area contributed by atoms with Gasteiger partial charge in [-0.05, 0) is 0 Å². The summed E-state index contributed by atoms with van der Waals surface area (Å²) in [5, 5.41) is 45.1. The van der Waals surface area contributed by atoms with Crippen molar-refractivity contribution in [3.05, 3.63) is 30.6 Å². The molecule has 0 aliphatic heterocycles. The largest absolute Gasteiger partial charge is 0.561 e. The van der Waals surface area contributed by atoms with E-state index in [-0.39, 0.29) is 12.8 Å². The molecule has 18 heavy (non-hydrogen) atoms. The van der Waals surface area contributed by atoms with Crippen LogP contribution in [0, 0.1) is 30.6 Å². The van der Waals surface area contributed by atoms with Crippen molar-refractivity contribution in [3.63, 3.8) is 0 Å². The van der Waals surface area contributed by atoms with E-state index >= 15 is 0 Å². The molecule has 0 bridgehead atoms. The maximum absolute atomic E-state index is 11.7. The average Bonchev–Trinajstić information content (AvgIpc) is 2.34. The summed E-state index contributed by atoms with van der Waals surface area (Å²) in [6.45, 7) is 4.58. The molecule has 2 atom stereocenters. The molecule has 0 aromatic rings. The molecule has 0 saturated heterocycles. The van der Waals surface area contributed by atoms with Gasteiger partial charge in [-0.1, -0.05) is 13.8 Å². The third-order valence-electron chi connectivity index (χ3n) is 3.12. The maximum atomic E-state index is 11.7. The quantitative estimate of drug-likeness (QED) is 0.232. The first kappa shape index (κ1) is 16.0. The second kappa shape index (κ2) is 5.10. The van der Waals surface area contributed by atoms with Gasteiger partial charge in [-0.25, -0.2) is 0 Å². The standard InChI is InChI=1S/C8H16N4O6/c1-5-7(3,11(15)16)9(13)10(14)8(4,6-2)12(17)18/h5-6H2,1-4H3/b10-9+. The van der Waals surface area contributed by atoms with Crippen LogP contribution in [0.2, 0.25) is 0 Å². The van der Waals surface area contributed by atoms with Crippen molar-refractivity contribution in [2.75, 3.05) is 0 Å². The Balaban J connectivity index is 5.89. The Labute approximate surface area is 103 Å². The van der Waals surface area contributed by atoms with Crippen LogP contribution in [0.5, 0.6) is 0 Å². The summed E-state index contributed by atoms with van der Waals surface area (Å²) in [6.07, 6.45) is -0.528. The fourth-order valence-corrected chi connectivity index (χ4v) is 1.06. The van der Waals surface area contributed by atoms with Crippen molar-refractivity contribution in [2.45, 2.75) is 51.9 Å². The van der Waals surface area contributed by atoms with Crippen molar-refractivity contribution in [1.82, 2.24) is 0 Å². The Morgan fingerprint density at radius 3 is 1.11 bits per heavy atom. The molecule has 0 aliphatic rings. The molecule has 10 heteroatoms. The van der Waals surface area contributed by atoms with Crippen molar-refractivity contribution >= 4 is 0 Å². The number of hydrogen-bond acceptors (Lipinski definition) is 6. The molecule has 0 spiro atoms. The molecule has 0 rings (SSSR count). The molecule has 0 N–H and O–H groups in total. The normalized spacial score (nSPS) is 19.3. The Morgan fingerprint density at radius 2 is 1.00 bits per heavy atom. The van der Waals surface area contributed by atoms with E-state index in [0.29, 0.717) is 0 Å². The lowest BCUT2D eigenvalue weighted by Gasteiger charge is -2.19. The van der Waals surface area contributed by atoms with Crippen LogP contribution in [0.3, 0.4) is 0 Å². The third-order valence-corrected chi connectivity index (χ3v) is 3.12. The lowest BCUT2D eigenvalue weighted by atomic mass is 10.1. The van der Waals surface area contributed by atoms with E-state index in [1.165, 1.54) is 13.8 Å². The lowest BCUT2D eigenvalue weighted by Crippen LogP contribution is -2.54. The van der Waals surface area contributed by atoms with Gasteiger partial charge in [0.25, 0.3) is 0 Å². The van der Waals surface area contributed by atoms with E-state index in [0.717, 1.165) is 13.8 Å². The number of rotatable bonds is 6. The average molecular weight is 264 g/mol. The molecule has 0 aromatic heterocycles. The van der Waals surface area contributed by atoms with Crippen LogP contribution in [0.4, 0.5) is 0 Å². The van der Waals surface area contributed by atoms with Gasteiger partial charge in [0.2, 0.25) is 0 Å². The second-order valence-corrected chi connectivity index (χ2v) is 4.20. The minimum absolute atomic E-state index is 0.264. The zero-order chi connectivity index (χ0) is 14.7. The lowest BCUT2D eigenvalue weighted by molar-refractivity contribution is -1.11. The summed E-state index contributed by atoms with van der Waals surface area (Å²) in [4.78, 5) is 18.8. The van der Waals surface area contributed by atoms with Crippen molar-refractivity contribution < 1.29 is 19.6 Å². The monoisotopic (exact) mass is 264 g/mol. The van der Waals surface area contributed by atoms with Crippen LogP contribution >= 0.6 is 0 Å². The van der Waals surface area contributed by atoms with Gasteiger partial charge in [0.1, 0.15) is 9.72 Å². The smallest absolute Gasteiger partial charge is 0.469 e. The van der Waals surface area contributed by atoms with Crippen LogP contribution in [0.15, 0.2) is 0 Å². The predicted molar refractivity (Wildman–Crippen MR) is 58.6 cm³/mol. The van der Waals surface area contributed by atoms with Crippen molar-refractivity contribution in [3.8, 4) is 0 Å². The highest BCUT2D eigenvalue weighted by molar-refractivity contribution is 4.56. The molecule has 0 aliphatic carbocycles. The fraction of sp³-hybridized carbons (Fsp3) is 1.00. The van der Waals surface area contributed by atoms with E-state index < -0.39 is 30.9 Å². The van der Waals surface area contributed by atoms with Crippen molar-refractivity contribution in [2.24, 2.45) is 0 Å². The minimum Gasteiger partial charge on any atom is -0.561 e. The number of hydrogen-bond donors (Lipinski definition) is 0. The highest BCUT2D eigenvalue weighted by atomic mass is 16.7. The predicted octanol–water partition coefficient (Wildman–Crippen LogP) is 1.26. The Bertz CT molecular complexity index is 361. The van der Waals surface area contributed by atoms with Gasteiger partial charge in [-0.3, -0.25) is 20.2 Å². The summed E-state index contributed by atoms with van der Waals surface area (Å²) >= 11 is 0. The fourth-order valence-electron chi connectivity index (χ4n) is 1.06. The second-order valence-electron chi connectivity index (χ2n) is 4.20. The molecule has 104 valence electrons. The Hall–Kier alpha value is -2.00. The van der Waals surface area contributed by atoms with E-state index in [1.54, 1.807) is 0 Å². The molecule has 0 aromatic carbocycles. The zero-order valence-corrected chi connectivity index (χ0v) is 10.7. The molecule has 2 unspecified atom stereocenters. The Morgan fingerprint density at radius 1 is 0.778 bits per heavy atom. The minimum atomic E-state index is -2.23. The molecule has 0 radical (unpaired) electrons. The molecule has 0 amide bonds. The first-order valence-electron chi connectivity index (χ1n) is 5.31. The van der Waals surface area contributed by atoms with E-state index in [2.05, 4.69) is 0 Å². The first-order valence-corrected chi connectivity index (χ1v) is 5.31. The van der Waals surface area contributed by atoms with Gasteiger partial charge in [-0.15, -0.1) is 0 Å².